The normalized spacial score (nSPS) is 43.0. The molecule has 18 heavy (non-hydrogen) atoms. The van der Waals surface area contributed by atoms with Gasteiger partial charge in [-0.25, -0.2) is 0 Å². The summed E-state index contributed by atoms with van der Waals surface area (Å²) in [5, 5.41) is 0. The zero-order valence-electron chi connectivity index (χ0n) is 12.6. The predicted octanol–water partition coefficient (Wildman–Crippen LogP) is 3.12. The fraction of sp³-hybridized carbons (Fsp3) is 1.00. The van der Waals surface area contributed by atoms with E-state index >= 15 is 0 Å². The molecule has 0 aromatic heterocycles. The van der Waals surface area contributed by atoms with Gasteiger partial charge in [0.1, 0.15) is 0 Å². The Bertz CT molecular complexity index is 241. The monoisotopic (exact) mass is 252 g/mol. The van der Waals surface area contributed by atoms with Crippen LogP contribution in [0.2, 0.25) is 0 Å². The SMILES string of the molecule is CCC1CCCN(CC2C(C)CC(C)CC2N)C1. The Morgan fingerprint density at radius 2 is 2.00 bits per heavy atom. The molecule has 2 rings (SSSR count). The third kappa shape index (κ3) is 3.48. The van der Waals surface area contributed by atoms with Crippen molar-refractivity contribution in [1.29, 1.82) is 0 Å². The molecule has 106 valence electrons. The first-order valence-corrected chi connectivity index (χ1v) is 8.08. The van der Waals surface area contributed by atoms with Crippen LogP contribution in [0.1, 0.15) is 52.9 Å². The lowest BCUT2D eigenvalue weighted by Gasteiger charge is -2.42. The molecule has 0 spiro atoms. The van der Waals surface area contributed by atoms with E-state index in [9.17, 15) is 0 Å². The Kier molecular flexibility index (Phi) is 5.08. The van der Waals surface area contributed by atoms with Crippen molar-refractivity contribution in [2.45, 2.75) is 58.9 Å². The average Bonchev–Trinajstić information content (AvgIpc) is 2.34. The predicted molar refractivity (Wildman–Crippen MR) is 78.5 cm³/mol. The van der Waals surface area contributed by atoms with Gasteiger partial charge < -0.3 is 10.6 Å². The van der Waals surface area contributed by atoms with Gasteiger partial charge in [0.25, 0.3) is 0 Å². The summed E-state index contributed by atoms with van der Waals surface area (Å²) >= 11 is 0. The zero-order valence-corrected chi connectivity index (χ0v) is 12.6. The standard InChI is InChI=1S/C16H32N2/c1-4-14-6-5-7-18(10-14)11-15-13(3)8-12(2)9-16(15)17/h12-16H,4-11,17H2,1-3H3. The lowest BCUT2D eigenvalue weighted by molar-refractivity contribution is 0.0888. The maximum absolute atomic E-state index is 6.42. The molecular weight excluding hydrogens is 220 g/mol. The average molecular weight is 252 g/mol. The molecule has 2 fully saturated rings. The number of nitrogens with two attached hydrogens (primary N) is 1. The summed E-state index contributed by atoms with van der Waals surface area (Å²) in [6, 6.07) is 0.436. The zero-order chi connectivity index (χ0) is 13.1. The van der Waals surface area contributed by atoms with Crippen LogP contribution in [-0.2, 0) is 0 Å². The Morgan fingerprint density at radius 3 is 2.67 bits per heavy atom. The fourth-order valence-electron chi connectivity index (χ4n) is 4.23. The minimum atomic E-state index is 0.436. The molecule has 1 aliphatic heterocycles. The molecule has 1 saturated carbocycles. The van der Waals surface area contributed by atoms with E-state index in [4.69, 9.17) is 5.73 Å². The molecule has 5 atom stereocenters. The summed E-state index contributed by atoms with van der Waals surface area (Å²) < 4.78 is 0. The number of nitrogens with zero attached hydrogens (tertiary/aromatic N) is 1. The Labute approximate surface area is 113 Å². The third-order valence-corrected chi connectivity index (χ3v) is 5.38. The summed E-state index contributed by atoms with van der Waals surface area (Å²) in [5.74, 6) is 3.31. The maximum Gasteiger partial charge on any atom is 0.00844 e. The van der Waals surface area contributed by atoms with E-state index < -0.39 is 0 Å². The van der Waals surface area contributed by atoms with Crippen LogP contribution >= 0.6 is 0 Å². The molecule has 0 amide bonds. The second-order valence-corrected chi connectivity index (χ2v) is 7.06. The van der Waals surface area contributed by atoms with Crippen LogP contribution in [0.3, 0.4) is 0 Å². The number of likely N-dealkylation sites (tertiary alicyclic amines) is 1. The first-order chi connectivity index (χ1) is 8.60. The first kappa shape index (κ1) is 14.3. The number of hydrogen-bond donors (Lipinski definition) is 1. The van der Waals surface area contributed by atoms with Gasteiger partial charge in [-0.3, -0.25) is 0 Å². The van der Waals surface area contributed by atoms with E-state index in [2.05, 4.69) is 25.7 Å². The van der Waals surface area contributed by atoms with Crippen molar-refractivity contribution in [3.8, 4) is 0 Å². The summed E-state index contributed by atoms with van der Waals surface area (Å²) in [5.41, 5.74) is 6.42. The molecule has 0 bridgehead atoms. The highest BCUT2D eigenvalue weighted by Crippen LogP contribution is 2.34. The van der Waals surface area contributed by atoms with Gasteiger partial charge in [-0.1, -0.05) is 27.2 Å². The van der Waals surface area contributed by atoms with Gasteiger partial charge in [0.2, 0.25) is 0 Å². The second kappa shape index (κ2) is 6.38. The Balaban J connectivity index is 1.87. The van der Waals surface area contributed by atoms with Gasteiger partial charge in [-0.05, 0) is 55.9 Å². The van der Waals surface area contributed by atoms with Gasteiger partial charge >= 0.3 is 0 Å². The van der Waals surface area contributed by atoms with E-state index in [-0.39, 0.29) is 0 Å². The van der Waals surface area contributed by atoms with E-state index in [0.717, 1.165) is 23.7 Å². The summed E-state index contributed by atoms with van der Waals surface area (Å²) in [4.78, 5) is 2.70. The van der Waals surface area contributed by atoms with Gasteiger partial charge in [-0.2, -0.15) is 0 Å². The molecule has 1 aliphatic carbocycles. The van der Waals surface area contributed by atoms with E-state index in [1.54, 1.807) is 0 Å². The summed E-state index contributed by atoms with van der Waals surface area (Å²) in [6.45, 7) is 11.0. The number of hydrogen-bond acceptors (Lipinski definition) is 2. The Morgan fingerprint density at radius 1 is 1.22 bits per heavy atom. The van der Waals surface area contributed by atoms with Gasteiger partial charge in [0.05, 0.1) is 0 Å². The van der Waals surface area contributed by atoms with Crippen molar-refractivity contribution in [1.82, 2.24) is 4.90 Å². The first-order valence-electron chi connectivity index (χ1n) is 8.08. The van der Waals surface area contributed by atoms with Gasteiger partial charge in [0, 0.05) is 19.1 Å². The van der Waals surface area contributed by atoms with Crippen LogP contribution in [0, 0.1) is 23.7 Å². The number of rotatable bonds is 3. The van der Waals surface area contributed by atoms with Gasteiger partial charge in [-0.15, -0.1) is 0 Å². The summed E-state index contributed by atoms with van der Waals surface area (Å²) in [6.07, 6.45) is 6.80. The summed E-state index contributed by atoms with van der Waals surface area (Å²) in [7, 11) is 0. The van der Waals surface area contributed by atoms with Crippen molar-refractivity contribution in [2.75, 3.05) is 19.6 Å². The smallest absolute Gasteiger partial charge is 0.00844 e. The second-order valence-electron chi connectivity index (χ2n) is 7.06. The van der Waals surface area contributed by atoms with Crippen molar-refractivity contribution in [3.63, 3.8) is 0 Å². The van der Waals surface area contributed by atoms with Crippen molar-refractivity contribution in [2.24, 2.45) is 29.4 Å². The van der Waals surface area contributed by atoms with E-state index in [1.807, 2.05) is 0 Å². The van der Waals surface area contributed by atoms with Crippen LogP contribution in [-0.4, -0.2) is 30.6 Å². The lowest BCUT2D eigenvalue weighted by atomic mass is 9.72. The van der Waals surface area contributed by atoms with Crippen molar-refractivity contribution in [3.05, 3.63) is 0 Å². The topological polar surface area (TPSA) is 29.3 Å². The molecule has 2 N–H and O–H groups in total. The van der Waals surface area contributed by atoms with E-state index in [1.165, 1.54) is 51.7 Å². The number of piperidine rings is 1. The minimum absolute atomic E-state index is 0.436. The molecule has 1 saturated heterocycles. The third-order valence-electron chi connectivity index (χ3n) is 5.38. The molecule has 5 unspecified atom stereocenters. The van der Waals surface area contributed by atoms with Crippen LogP contribution < -0.4 is 5.73 Å². The van der Waals surface area contributed by atoms with Gasteiger partial charge in [0.15, 0.2) is 0 Å². The molecule has 0 radical (unpaired) electrons. The van der Waals surface area contributed by atoms with Crippen LogP contribution in [0.5, 0.6) is 0 Å². The molecule has 2 nitrogen and oxygen atoms in total. The molecular formula is C16H32N2. The molecule has 0 aromatic carbocycles. The highest BCUT2D eigenvalue weighted by atomic mass is 15.1. The van der Waals surface area contributed by atoms with Crippen LogP contribution in [0.15, 0.2) is 0 Å². The lowest BCUT2D eigenvalue weighted by Crippen LogP contribution is -2.48. The highest BCUT2D eigenvalue weighted by molar-refractivity contribution is 4.88. The highest BCUT2D eigenvalue weighted by Gasteiger charge is 2.33. The van der Waals surface area contributed by atoms with Crippen molar-refractivity contribution >= 4 is 0 Å². The van der Waals surface area contributed by atoms with E-state index in [0.29, 0.717) is 6.04 Å². The molecule has 2 aliphatic rings. The fourth-order valence-corrected chi connectivity index (χ4v) is 4.23. The maximum atomic E-state index is 6.42. The Hall–Kier alpha value is -0.0800. The molecule has 2 heteroatoms. The molecule has 0 aromatic rings. The van der Waals surface area contributed by atoms with Crippen LogP contribution in [0.4, 0.5) is 0 Å². The van der Waals surface area contributed by atoms with Crippen molar-refractivity contribution < 1.29 is 0 Å². The van der Waals surface area contributed by atoms with Crippen LogP contribution in [0.25, 0.3) is 0 Å². The minimum Gasteiger partial charge on any atom is -0.327 e. The quantitative estimate of drug-likeness (QED) is 0.836. The largest absolute Gasteiger partial charge is 0.327 e. The molecule has 1 heterocycles.